The van der Waals surface area contributed by atoms with Gasteiger partial charge in [0.25, 0.3) is 0 Å². The summed E-state index contributed by atoms with van der Waals surface area (Å²) in [5.74, 6) is -4.61. The standard InChI is InChI=1S/C6H4F3/c1-2-4-3-6(8,9)5(4)7/h1,3H2. The molecule has 0 heterocycles. The first-order valence-electron chi connectivity index (χ1n) is 2.38. The molecule has 0 aromatic heterocycles. The van der Waals surface area contributed by atoms with E-state index in [2.05, 4.69) is 12.7 Å². The van der Waals surface area contributed by atoms with E-state index in [0.29, 0.717) is 0 Å². The van der Waals surface area contributed by atoms with Gasteiger partial charge in [-0.15, -0.1) is 0 Å². The number of allylic oxidation sites excluding steroid dienone is 3. The molecule has 0 saturated heterocycles. The van der Waals surface area contributed by atoms with Crippen molar-refractivity contribution < 1.29 is 13.2 Å². The molecule has 0 aromatic rings. The van der Waals surface area contributed by atoms with Crippen molar-refractivity contribution in [1.29, 1.82) is 0 Å². The lowest BCUT2D eigenvalue weighted by Gasteiger charge is -2.24. The summed E-state index contributed by atoms with van der Waals surface area (Å²) in [7, 11) is 0. The van der Waals surface area contributed by atoms with Crippen LogP contribution < -0.4 is 0 Å². The minimum atomic E-state index is -3.24. The Kier molecular flexibility index (Phi) is 1.15. The highest BCUT2D eigenvalue weighted by Gasteiger charge is 2.46. The highest BCUT2D eigenvalue weighted by atomic mass is 19.3. The van der Waals surface area contributed by atoms with Crippen molar-refractivity contribution in [2.24, 2.45) is 0 Å². The van der Waals surface area contributed by atoms with E-state index in [1.807, 2.05) is 0 Å². The van der Waals surface area contributed by atoms with Crippen LogP contribution in [0.3, 0.4) is 0 Å². The fourth-order valence-electron chi connectivity index (χ4n) is 0.631. The molecule has 3 heteroatoms. The van der Waals surface area contributed by atoms with Crippen LogP contribution in [0.4, 0.5) is 13.2 Å². The van der Waals surface area contributed by atoms with Gasteiger partial charge in [0.15, 0.2) is 5.83 Å². The third kappa shape index (κ3) is 0.763. The van der Waals surface area contributed by atoms with Crippen LogP contribution in [0, 0.1) is 6.08 Å². The second-order valence-corrected chi connectivity index (χ2v) is 1.85. The monoisotopic (exact) mass is 133 g/mol. The van der Waals surface area contributed by atoms with Gasteiger partial charge in [-0.25, -0.2) is 4.39 Å². The molecule has 0 aliphatic heterocycles. The number of alkyl halides is 2. The van der Waals surface area contributed by atoms with E-state index in [0.717, 1.165) is 0 Å². The van der Waals surface area contributed by atoms with Gasteiger partial charge in [0.1, 0.15) is 0 Å². The van der Waals surface area contributed by atoms with Crippen molar-refractivity contribution in [2.45, 2.75) is 12.3 Å². The second-order valence-electron chi connectivity index (χ2n) is 1.85. The Labute approximate surface area is 50.7 Å². The van der Waals surface area contributed by atoms with Crippen molar-refractivity contribution in [3.05, 3.63) is 24.1 Å². The first-order chi connectivity index (χ1) is 4.08. The Morgan fingerprint density at radius 3 is 2.22 bits per heavy atom. The number of hydrogen-bond acceptors (Lipinski definition) is 0. The molecule has 0 spiro atoms. The Morgan fingerprint density at radius 1 is 1.56 bits per heavy atom. The van der Waals surface area contributed by atoms with Crippen LogP contribution in [0.1, 0.15) is 6.42 Å². The Bertz CT molecular complexity index is 179. The molecule has 0 aromatic carbocycles. The molecule has 49 valence electrons. The average Bonchev–Trinajstić information content (AvgIpc) is 1.82. The topological polar surface area (TPSA) is 0 Å². The first kappa shape index (κ1) is 6.39. The fourth-order valence-corrected chi connectivity index (χ4v) is 0.631. The van der Waals surface area contributed by atoms with Crippen molar-refractivity contribution in [3.8, 4) is 0 Å². The summed E-state index contributed by atoms with van der Waals surface area (Å²) in [4.78, 5) is 0. The highest BCUT2D eigenvalue weighted by molar-refractivity contribution is 5.32. The van der Waals surface area contributed by atoms with Gasteiger partial charge in [-0.1, -0.05) is 6.58 Å². The molecule has 0 fully saturated rings. The van der Waals surface area contributed by atoms with Gasteiger partial charge in [-0.05, 0) is 6.08 Å². The summed E-state index contributed by atoms with van der Waals surface area (Å²) in [6.07, 6.45) is 1.53. The summed E-state index contributed by atoms with van der Waals surface area (Å²) < 4.78 is 35.7. The van der Waals surface area contributed by atoms with Crippen LogP contribution >= 0.6 is 0 Å². The highest BCUT2D eigenvalue weighted by Crippen LogP contribution is 2.43. The third-order valence-corrected chi connectivity index (χ3v) is 1.20. The van der Waals surface area contributed by atoms with E-state index in [9.17, 15) is 13.2 Å². The van der Waals surface area contributed by atoms with Crippen molar-refractivity contribution in [2.75, 3.05) is 0 Å². The smallest absolute Gasteiger partial charge is 0.205 e. The van der Waals surface area contributed by atoms with E-state index in [1.54, 1.807) is 0 Å². The normalized spacial score (nSPS) is 23.4. The molecule has 0 amide bonds. The van der Waals surface area contributed by atoms with Gasteiger partial charge in [-0.2, -0.15) is 8.78 Å². The van der Waals surface area contributed by atoms with E-state index in [-0.39, 0.29) is 5.57 Å². The van der Waals surface area contributed by atoms with Crippen LogP contribution in [0.5, 0.6) is 0 Å². The van der Waals surface area contributed by atoms with E-state index >= 15 is 0 Å². The minimum absolute atomic E-state index is 0.0972. The molecule has 9 heavy (non-hydrogen) atoms. The zero-order chi connectivity index (χ0) is 7.07. The van der Waals surface area contributed by atoms with Gasteiger partial charge in [0, 0.05) is 12.0 Å². The summed E-state index contributed by atoms with van der Waals surface area (Å²) >= 11 is 0. The molecule has 0 bridgehead atoms. The first-order valence-corrected chi connectivity index (χ1v) is 2.38. The van der Waals surface area contributed by atoms with Crippen molar-refractivity contribution in [3.63, 3.8) is 0 Å². The molecule has 0 atom stereocenters. The lowest BCUT2D eigenvalue weighted by atomic mass is 9.93. The maximum atomic E-state index is 12.0. The molecular weight excluding hydrogens is 129 g/mol. The predicted octanol–water partition coefficient (Wildman–Crippen LogP) is 2.24. The lowest BCUT2D eigenvalue weighted by Crippen LogP contribution is -2.28. The molecule has 1 aliphatic rings. The number of hydrogen-bond donors (Lipinski definition) is 0. The Balaban J connectivity index is 2.84. The SMILES string of the molecule is C=[C]C1=C(F)C(F)(F)C1. The zero-order valence-electron chi connectivity index (χ0n) is 4.55. The summed E-state index contributed by atoms with van der Waals surface area (Å²) in [5, 5.41) is 0. The van der Waals surface area contributed by atoms with Gasteiger partial charge < -0.3 is 0 Å². The van der Waals surface area contributed by atoms with E-state index < -0.39 is 18.2 Å². The lowest BCUT2D eigenvalue weighted by molar-refractivity contribution is -0.00759. The summed E-state index contributed by atoms with van der Waals surface area (Å²) in [5.41, 5.74) is -0.0972. The summed E-state index contributed by atoms with van der Waals surface area (Å²) in [6.45, 7) is 3.04. The van der Waals surface area contributed by atoms with Crippen molar-refractivity contribution >= 4 is 0 Å². The minimum Gasteiger partial charge on any atom is -0.205 e. The Hall–Kier alpha value is -0.730. The van der Waals surface area contributed by atoms with E-state index in [4.69, 9.17) is 0 Å². The van der Waals surface area contributed by atoms with E-state index in [1.165, 1.54) is 0 Å². The van der Waals surface area contributed by atoms with Gasteiger partial charge >= 0.3 is 5.92 Å². The molecule has 1 radical (unpaired) electrons. The maximum absolute atomic E-state index is 12.0. The van der Waals surface area contributed by atoms with Gasteiger partial charge in [-0.3, -0.25) is 0 Å². The molecule has 0 nitrogen and oxygen atoms in total. The molecule has 0 saturated carbocycles. The third-order valence-electron chi connectivity index (χ3n) is 1.20. The van der Waals surface area contributed by atoms with Crippen LogP contribution in [0.2, 0.25) is 0 Å². The largest absolute Gasteiger partial charge is 0.303 e. The van der Waals surface area contributed by atoms with Crippen LogP contribution in [0.25, 0.3) is 0 Å². The number of halogens is 3. The molecule has 0 unspecified atom stereocenters. The number of rotatable bonds is 1. The van der Waals surface area contributed by atoms with Crippen molar-refractivity contribution in [1.82, 2.24) is 0 Å². The molecular formula is C6H4F3. The fraction of sp³-hybridized carbons (Fsp3) is 0.333. The average molecular weight is 133 g/mol. The molecule has 1 rings (SSSR count). The summed E-state index contributed by atoms with van der Waals surface area (Å²) in [6, 6.07) is 0. The zero-order valence-corrected chi connectivity index (χ0v) is 4.55. The quantitative estimate of drug-likeness (QED) is 0.514. The van der Waals surface area contributed by atoms with Gasteiger partial charge in [0.2, 0.25) is 0 Å². The van der Waals surface area contributed by atoms with Crippen LogP contribution in [-0.4, -0.2) is 5.92 Å². The van der Waals surface area contributed by atoms with Crippen LogP contribution in [-0.2, 0) is 0 Å². The maximum Gasteiger partial charge on any atom is 0.303 e. The predicted molar refractivity (Wildman–Crippen MR) is 26.6 cm³/mol. The van der Waals surface area contributed by atoms with Gasteiger partial charge in [0.05, 0.1) is 0 Å². The molecule has 1 aliphatic carbocycles. The molecule has 0 N–H and O–H groups in total. The Morgan fingerprint density at radius 2 is 2.11 bits per heavy atom. The second kappa shape index (κ2) is 1.62. The van der Waals surface area contributed by atoms with Crippen LogP contribution in [0.15, 0.2) is 18.0 Å².